The molecular weight excluding hydrogens is 508 g/mol. The predicted octanol–water partition coefficient (Wildman–Crippen LogP) is 2.54. The van der Waals surface area contributed by atoms with Crippen LogP contribution in [0.3, 0.4) is 0 Å². The number of alkyl carbamates (subject to hydrolysis) is 1. The van der Waals surface area contributed by atoms with Crippen LogP contribution < -0.4 is 10.6 Å². The average Bonchev–Trinajstić information content (AvgIpc) is 2.83. The summed E-state index contributed by atoms with van der Waals surface area (Å²) < 4.78 is 16.3. The molecule has 1 aliphatic rings. The van der Waals surface area contributed by atoms with Gasteiger partial charge in [0.1, 0.15) is 24.1 Å². The van der Waals surface area contributed by atoms with Crippen LogP contribution in [0.25, 0.3) is 0 Å². The Morgan fingerprint density at radius 2 is 1.56 bits per heavy atom. The zero-order chi connectivity index (χ0) is 29.4. The number of benzene rings is 1. The van der Waals surface area contributed by atoms with Crippen LogP contribution in [0.4, 0.5) is 4.79 Å². The summed E-state index contributed by atoms with van der Waals surface area (Å²) in [6, 6.07) is 5.07. The minimum Gasteiger partial charge on any atom is -0.480 e. The van der Waals surface area contributed by atoms with E-state index in [1.807, 2.05) is 20.8 Å². The van der Waals surface area contributed by atoms with Crippen molar-refractivity contribution in [1.82, 2.24) is 15.5 Å². The fourth-order valence-corrected chi connectivity index (χ4v) is 3.67. The van der Waals surface area contributed by atoms with Gasteiger partial charge in [0, 0.05) is 24.2 Å². The molecule has 0 saturated carbocycles. The van der Waals surface area contributed by atoms with Crippen molar-refractivity contribution < 1.29 is 38.5 Å². The number of hydrogen-bond donors (Lipinski definition) is 4. The first-order valence-electron chi connectivity index (χ1n) is 12.8. The van der Waals surface area contributed by atoms with E-state index < -0.39 is 35.2 Å². The molecule has 1 heterocycles. The Morgan fingerprint density at radius 3 is 2.08 bits per heavy atom. The number of aliphatic carboxylic acids is 1. The van der Waals surface area contributed by atoms with Crippen LogP contribution in [-0.2, 0) is 23.8 Å². The minimum atomic E-state index is -1.04. The average molecular weight is 549 g/mol. The van der Waals surface area contributed by atoms with Crippen molar-refractivity contribution in [2.24, 2.45) is 0 Å². The normalized spacial score (nSPS) is 15.3. The lowest BCUT2D eigenvalue weighted by molar-refractivity contribution is -0.147. The maximum atomic E-state index is 13.3. The quantitative estimate of drug-likeness (QED) is 0.270. The van der Waals surface area contributed by atoms with E-state index >= 15 is 0 Å². The van der Waals surface area contributed by atoms with Gasteiger partial charge in [-0.05, 0) is 66.5 Å². The Hall–Kier alpha value is -3.51. The van der Waals surface area contributed by atoms with E-state index in [0.717, 1.165) is 0 Å². The van der Waals surface area contributed by atoms with Crippen LogP contribution >= 0.6 is 0 Å². The maximum absolute atomic E-state index is 13.3. The van der Waals surface area contributed by atoms with E-state index in [2.05, 4.69) is 10.6 Å². The zero-order valence-electron chi connectivity index (χ0n) is 23.5. The standard InChI is InChI=1S/C27H40N4O8/c1-26(2,3)38-15-20(24(35)31-13-11-19(12-14-31)37-16-21(32)33)29-23(34)18-9-7-17(8-10-18)22(28)30-25(36)39-27(4,5)6/h7-10,19-20H,11-16H2,1-6H3,(H,29,34)(H,32,33)(H2,28,30,36)/t20-/m0/s1. The molecule has 1 atom stereocenters. The lowest BCUT2D eigenvalue weighted by Gasteiger charge is -2.34. The Balaban J connectivity index is 2.03. The van der Waals surface area contributed by atoms with Crippen LogP contribution in [0.1, 0.15) is 70.3 Å². The number of amidine groups is 1. The second kappa shape index (κ2) is 13.5. The second-order valence-corrected chi connectivity index (χ2v) is 11.3. The molecule has 0 bridgehead atoms. The molecule has 0 unspecified atom stereocenters. The summed E-state index contributed by atoms with van der Waals surface area (Å²) >= 11 is 0. The Kier molecular flexibility index (Phi) is 11.0. The summed E-state index contributed by atoms with van der Waals surface area (Å²) in [6.07, 6.45) is -0.0205. The van der Waals surface area contributed by atoms with E-state index in [0.29, 0.717) is 31.5 Å². The highest BCUT2D eigenvalue weighted by Gasteiger charge is 2.31. The Bertz CT molecular complexity index is 1040. The van der Waals surface area contributed by atoms with Gasteiger partial charge in [0.05, 0.1) is 18.3 Å². The number of nitrogens with one attached hydrogen (secondary N) is 3. The number of rotatable bonds is 9. The first kappa shape index (κ1) is 31.7. The minimum absolute atomic E-state index is 0.0357. The molecule has 0 radical (unpaired) electrons. The third kappa shape index (κ3) is 11.4. The molecule has 1 aliphatic heterocycles. The third-order valence-corrected chi connectivity index (χ3v) is 5.54. The molecule has 0 aliphatic carbocycles. The van der Waals surface area contributed by atoms with Crippen molar-refractivity contribution in [2.75, 3.05) is 26.3 Å². The molecule has 216 valence electrons. The van der Waals surface area contributed by atoms with E-state index in [1.165, 1.54) is 24.3 Å². The Morgan fingerprint density at radius 1 is 1.00 bits per heavy atom. The molecule has 1 aromatic carbocycles. The molecule has 12 heteroatoms. The number of nitrogens with zero attached hydrogens (tertiary/aromatic N) is 1. The van der Waals surface area contributed by atoms with Gasteiger partial charge in [-0.25, -0.2) is 9.59 Å². The number of ether oxygens (including phenoxy) is 3. The van der Waals surface area contributed by atoms with Gasteiger partial charge in [-0.3, -0.25) is 20.3 Å². The number of carboxylic acid groups (broad SMARTS) is 1. The fourth-order valence-electron chi connectivity index (χ4n) is 3.67. The highest BCUT2D eigenvalue weighted by molar-refractivity contribution is 6.05. The lowest BCUT2D eigenvalue weighted by atomic mass is 10.1. The van der Waals surface area contributed by atoms with E-state index in [-0.39, 0.29) is 36.6 Å². The van der Waals surface area contributed by atoms with Crippen molar-refractivity contribution in [3.63, 3.8) is 0 Å². The van der Waals surface area contributed by atoms with Gasteiger partial charge in [0.25, 0.3) is 5.91 Å². The van der Waals surface area contributed by atoms with Gasteiger partial charge in [-0.1, -0.05) is 12.1 Å². The highest BCUT2D eigenvalue weighted by Crippen LogP contribution is 2.16. The molecule has 4 N–H and O–H groups in total. The van der Waals surface area contributed by atoms with E-state index in [1.54, 1.807) is 25.7 Å². The van der Waals surface area contributed by atoms with Gasteiger partial charge >= 0.3 is 12.1 Å². The maximum Gasteiger partial charge on any atom is 0.413 e. The van der Waals surface area contributed by atoms with Gasteiger partial charge in [0.2, 0.25) is 5.91 Å². The molecule has 0 aromatic heterocycles. The number of hydrogen-bond acceptors (Lipinski definition) is 8. The monoisotopic (exact) mass is 548 g/mol. The number of amides is 3. The van der Waals surface area contributed by atoms with Crippen molar-refractivity contribution in [3.8, 4) is 0 Å². The first-order chi connectivity index (χ1) is 18.0. The largest absolute Gasteiger partial charge is 0.480 e. The van der Waals surface area contributed by atoms with E-state index in [4.69, 9.17) is 24.7 Å². The first-order valence-corrected chi connectivity index (χ1v) is 12.8. The number of piperidine rings is 1. The summed E-state index contributed by atoms with van der Waals surface area (Å²) in [6.45, 7) is 11.0. The van der Waals surface area contributed by atoms with E-state index in [9.17, 15) is 19.2 Å². The summed E-state index contributed by atoms with van der Waals surface area (Å²) in [7, 11) is 0. The summed E-state index contributed by atoms with van der Waals surface area (Å²) in [5, 5.41) is 22.0. The van der Waals surface area contributed by atoms with Crippen LogP contribution in [0.15, 0.2) is 24.3 Å². The summed E-state index contributed by atoms with van der Waals surface area (Å²) in [5.41, 5.74) is -0.613. The van der Waals surface area contributed by atoms with Crippen molar-refractivity contribution in [1.29, 1.82) is 5.41 Å². The van der Waals surface area contributed by atoms with Crippen LogP contribution in [0.5, 0.6) is 0 Å². The molecule has 1 fully saturated rings. The van der Waals surface area contributed by atoms with Gasteiger partial charge in [-0.2, -0.15) is 0 Å². The van der Waals surface area contributed by atoms with Gasteiger partial charge < -0.3 is 29.5 Å². The number of likely N-dealkylation sites (tertiary alicyclic amines) is 1. The molecule has 1 aromatic rings. The number of carbonyl (C=O) groups is 4. The van der Waals surface area contributed by atoms with Gasteiger partial charge in [0.15, 0.2) is 0 Å². The fraction of sp³-hybridized carbons (Fsp3) is 0.593. The predicted molar refractivity (Wildman–Crippen MR) is 143 cm³/mol. The third-order valence-electron chi connectivity index (χ3n) is 5.54. The summed E-state index contributed by atoms with van der Waals surface area (Å²) in [5.74, 6) is -2.02. The molecule has 0 spiro atoms. The molecule has 1 saturated heterocycles. The second-order valence-electron chi connectivity index (χ2n) is 11.3. The molecule has 2 rings (SSSR count). The van der Waals surface area contributed by atoms with Gasteiger partial charge in [-0.15, -0.1) is 0 Å². The molecular formula is C27H40N4O8. The topological polar surface area (TPSA) is 167 Å². The highest BCUT2D eigenvalue weighted by atomic mass is 16.6. The van der Waals surface area contributed by atoms with Crippen molar-refractivity contribution in [2.45, 2.75) is 77.7 Å². The van der Waals surface area contributed by atoms with Crippen molar-refractivity contribution in [3.05, 3.63) is 35.4 Å². The smallest absolute Gasteiger partial charge is 0.413 e. The number of carboxylic acids is 1. The molecule has 12 nitrogen and oxygen atoms in total. The Labute approximate surface area is 228 Å². The molecule has 3 amide bonds. The lowest BCUT2D eigenvalue weighted by Crippen LogP contribution is -2.54. The zero-order valence-corrected chi connectivity index (χ0v) is 23.5. The summed E-state index contributed by atoms with van der Waals surface area (Å²) in [4.78, 5) is 50.6. The molecule has 39 heavy (non-hydrogen) atoms. The SMILES string of the molecule is CC(C)(C)OC[C@H](NC(=O)c1ccc(C(=N)NC(=O)OC(C)(C)C)cc1)C(=O)N1CCC(OCC(=O)O)CC1. The van der Waals surface area contributed by atoms with Crippen molar-refractivity contribution >= 4 is 29.7 Å². The van der Waals surface area contributed by atoms with Crippen LogP contribution in [-0.4, -0.2) is 89.4 Å². The van der Waals surface area contributed by atoms with Crippen LogP contribution in [0.2, 0.25) is 0 Å². The van der Waals surface area contributed by atoms with Crippen LogP contribution in [0, 0.1) is 5.41 Å². The number of carbonyl (C=O) groups excluding carboxylic acids is 3.